The number of esters is 1. The van der Waals surface area contributed by atoms with Crippen LogP contribution in [0.15, 0.2) is 48.7 Å². The van der Waals surface area contributed by atoms with E-state index in [0.29, 0.717) is 11.3 Å². The number of pyridine rings is 2. The average Bonchev–Trinajstić information content (AvgIpc) is 3.37. The van der Waals surface area contributed by atoms with E-state index in [-0.39, 0.29) is 47.2 Å². The molecule has 0 saturated heterocycles. The molecule has 1 unspecified atom stereocenters. The first-order chi connectivity index (χ1) is 24.2. The van der Waals surface area contributed by atoms with Crippen LogP contribution in [0.2, 0.25) is 0 Å². The third-order valence-corrected chi connectivity index (χ3v) is 6.66. The molecule has 0 saturated carbocycles. The molecule has 4 aromatic rings. The van der Waals surface area contributed by atoms with E-state index in [0.717, 1.165) is 12.1 Å². The standard InChI is InChI=1S/C32H35F2N5O6.C2HF3O2/c1-7-43-30(41)24-13-9-12-23(37-24)25(15-35-31(42)45-32(4,5)6)38-29(40)27-19(3)36-28-26(14-18(2)16-39(27)28)44-17-20-21(33)10-8-11-22(20)34;3-2(4,5)1(6)7/h8-14,16,25H,7,15,17H2,1-6H3,(H,35,42)(H,38,40);(H,6,7). The van der Waals surface area contributed by atoms with E-state index in [1.807, 2.05) is 0 Å². The van der Waals surface area contributed by atoms with Crippen LogP contribution in [-0.2, 0) is 20.9 Å². The van der Waals surface area contributed by atoms with Crippen LogP contribution in [0, 0.1) is 25.5 Å². The molecule has 0 bridgehead atoms. The van der Waals surface area contributed by atoms with Gasteiger partial charge in [-0.1, -0.05) is 12.1 Å². The molecule has 0 aliphatic rings. The number of aromatic nitrogens is 3. The van der Waals surface area contributed by atoms with E-state index in [1.165, 1.54) is 16.5 Å². The fraction of sp³-hybridized carbons (Fsp3) is 0.353. The maximum Gasteiger partial charge on any atom is 0.490 e. The van der Waals surface area contributed by atoms with Crippen LogP contribution in [0.1, 0.15) is 77.2 Å². The van der Waals surface area contributed by atoms with Gasteiger partial charge in [0, 0.05) is 12.7 Å². The highest BCUT2D eigenvalue weighted by Crippen LogP contribution is 2.26. The van der Waals surface area contributed by atoms with Crippen molar-refractivity contribution in [2.24, 2.45) is 0 Å². The van der Waals surface area contributed by atoms with Gasteiger partial charge in [-0.2, -0.15) is 13.2 Å². The number of nitrogens with one attached hydrogen (secondary N) is 2. The summed E-state index contributed by atoms with van der Waals surface area (Å²) in [4.78, 5) is 56.4. The number of fused-ring (bicyclic) bond motifs is 1. The van der Waals surface area contributed by atoms with Crippen LogP contribution in [-0.4, -0.2) is 68.3 Å². The van der Waals surface area contributed by atoms with Gasteiger partial charge in [0.05, 0.1) is 29.6 Å². The SMILES string of the molecule is CCOC(=O)c1cccc(C(CNC(=O)OC(C)(C)C)NC(=O)c2c(C)nc3c(OCc4c(F)cccc4F)cc(C)cn23)n1.O=C(O)C(F)(F)F. The minimum atomic E-state index is -5.08. The molecular weight excluding hydrogens is 701 g/mol. The predicted molar refractivity (Wildman–Crippen MR) is 174 cm³/mol. The molecule has 13 nitrogen and oxygen atoms in total. The van der Waals surface area contributed by atoms with E-state index in [1.54, 1.807) is 65.9 Å². The van der Waals surface area contributed by atoms with Crippen molar-refractivity contribution < 1.29 is 60.4 Å². The monoisotopic (exact) mass is 737 g/mol. The first kappa shape index (κ1) is 40.6. The molecule has 2 amide bonds. The number of imidazole rings is 1. The van der Waals surface area contributed by atoms with E-state index < -0.39 is 60.0 Å². The van der Waals surface area contributed by atoms with Crippen molar-refractivity contribution in [3.8, 4) is 5.75 Å². The lowest BCUT2D eigenvalue weighted by Crippen LogP contribution is -2.41. The summed E-state index contributed by atoms with van der Waals surface area (Å²) >= 11 is 0. The van der Waals surface area contributed by atoms with Gasteiger partial charge in [-0.05, 0) is 77.4 Å². The van der Waals surface area contributed by atoms with E-state index in [9.17, 15) is 36.3 Å². The molecule has 0 aliphatic heterocycles. The second-order valence-corrected chi connectivity index (χ2v) is 12.0. The number of carboxylic acid groups (broad SMARTS) is 1. The third-order valence-electron chi connectivity index (χ3n) is 6.66. The molecule has 0 radical (unpaired) electrons. The first-order valence-electron chi connectivity index (χ1n) is 15.5. The van der Waals surface area contributed by atoms with Crippen molar-refractivity contribution in [3.63, 3.8) is 0 Å². The van der Waals surface area contributed by atoms with Crippen LogP contribution in [0.4, 0.5) is 26.7 Å². The molecular formula is C34H36F5N5O8. The summed E-state index contributed by atoms with van der Waals surface area (Å²) in [6, 6.07) is 8.96. The number of benzene rings is 1. The summed E-state index contributed by atoms with van der Waals surface area (Å²) in [5, 5.41) is 12.6. The zero-order valence-electron chi connectivity index (χ0n) is 28.9. The first-order valence-corrected chi connectivity index (χ1v) is 15.5. The van der Waals surface area contributed by atoms with E-state index in [4.69, 9.17) is 24.1 Å². The van der Waals surface area contributed by atoms with Crippen LogP contribution >= 0.6 is 0 Å². The topological polar surface area (TPSA) is 170 Å². The zero-order valence-corrected chi connectivity index (χ0v) is 28.9. The third kappa shape index (κ3) is 11.1. The summed E-state index contributed by atoms with van der Waals surface area (Å²) in [6.07, 6.45) is -4.12. The van der Waals surface area contributed by atoms with Crippen molar-refractivity contribution in [3.05, 3.63) is 94.2 Å². The quantitative estimate of drug-likeness (QED) is 0.129. The molecule has 4 rings (SSSR count). The zero-order chi connectivity index (χ0) is 39.0. The molecule has 280 valence electrons. The maximum absolute atomic E-state index is 14.2. The van der Waals surface area contributed by atoms with Gasteiger partial charge in [0.15, 0.2) is 11.4 Å². The number of nitrogens with zero attached hydrogens (tertiary/aromatic N) is 3. The number of aryl methyl sites for hydroxylation is 2. The largest absolute Gasteiger partial charge is 0.490 e. The number of carbonyl (C=O) groups is 4. The van der Waals surface area contributed by atoms with Gasteiger partial charge in [0.1, 0.15) is 35.2 Å². The van der Waals surface area contributed by atoms with Gasteiger partial charge in [-0.3, -0.25) is 9.20 Å². The summed E-state index contributed by atoms with van der Waals surface area (Å²) in [6.45, 7) is 9.85. The Morgan fingerprint density at radius 2 is 1.60 bits per heavy atom. The number of rotatable bonds is 10. The second-order valence-electron chi connectivity index (χ2n) is 12.0. The molecule has 52 heavy (non-hydrogen) atoms. The number of aliphatic carboxylic acids is 1. The molecule has 0 fully saturated rings. The molecule has 3 N–H and O–H groups in total. The number of ether oxygens (including phenoxy) is 3. The number of carbonyl (C=O) groups excluding carboxylic acids is 3. The highest BCUT2D eigenvalue weighted by molar-refractivity contribution is 5.95. The molecule has 1 atom stereocenters. The number of hydrogen-bond acceptors (Lipinski definition) is 9. The Morgan fingerprint density at radius 1 is 0.981 bits per heavy atom. The Labute approximate surface area is 294 Å². The average molecular weight is 738 g/mol. The fourth-order valence-electron chi connectivity index (χ4n) is 4.48. The van der Waals surface area contributed by atoms with Crippen LogP contribution < -0.4 is 15.4 Å². The van der Waals surface area contributed by atoms with Crippen LogP contribution in [0.5, 0.6) is 5.75 Å². The Bertz CT molecular complexity index is 1920. The Kier molecular flexibility index (Phi) is 13.2. The second kappa shape index (κ2) is 16.9. The van der Waals surface area contributed by atoms with Gasteiger partial charge < -0.3 is 30.0 Å². The van der Waals surface area contributed by atoms with Gasteiger partial charge in [0.25, 0.3) is 5.91 Å². The summed E-state index contributed by atoms with van der Waals surface area (Å²) < 4.78 is 77.9. The lowest BCUT2D eigenvalue weighted by Gasteiger charge is -2.23. The molecule has 1 aromatic carbocycles. The minimum absolute atomic E-state index is 0.0283. The summed E-state index contributed by atoms with van der Waals surface area (Å²) in [7, 11) is 0. The van der Waals surface area contributed by atoms with Crippen molar-refractivity contribution in [1.82, 2.24) is 25.0 Å². The molecule has 18 heteroatoms. The van der Waals surface area contributed by atoms with Crippen molar-refractivity contribution in [2.45, 2.75) is 66.0 Å². The Morgan fingerprint density at radius 3 is 2.17 bits per heavy atom. The molecule has 0 aliphatic carbocycles. The van der Waals surface area contributed by atoms with Crippen LogP contribution in [0.3, 0.4) is 0 Å². The summed E-state index contributed by atoms with van der Waals surface area (Å²) in [5.41, 5.74) is 0.747. The highest BCUT2D eigenvalue weighted by Gasteiger charge is 2.38. The highest BCUT2D eigenvalue weighted by atomic mass is 19.4. The van der Waals surface area contributed by atoms with Crippen molar-refractivity contribution in [1.29, 1.82) is 0 Å². The summed E-state index contributed by atoms with van der Waals surface area (Å²) in [5.74, 6) is -5.24. The van der Waals surface area contributed by atoms with Crippen molar-refractivity contribution in [2.75, 3.05) is 13.2 Å². The maximum atomic E-state index is 14.2. The van der Waals surface area contributed by atoms with Gasteiger partial charge in [0.2, 0.25) is 0 Å². The Hall–Kier alpha value is -5.81. The van der Waals surface area contributed by atoms with E-state index >= 15 is 0 Å². The predicted octanol–water partition coefficient (Wildman–Crippen LogP) is 6.01. The minimum Gasteiger partial charge on any atom is -0.485 e. The number of alkyl halides is 3. The normalized spacial score (nSPS) is 11.9. The molecule has 3 heterocycles. The number of halogens is 5. The Balaban J connectivity index is 0.000000944. The molecule has 3 aromatic heterocycles. The lowest BCUT2D eigenvalue weighted by molar-refractivity contribution is -0.192. The number of carboxylic acids is 1. The van der Waals surface area contributed by atoms with Gasteiger partial charge >= 0.3 is 24.2 Å². The fourth-order valence-corrected chi connectivity index (χ4v) is 4.48. The van der Waals surface area contributed by atoms with Crippen molar-refractivity contribution >= 4 is 29.6 Å². The number of amides is 2. The number of hydrogen-bond donors (Lipinski definition) is 3. The van der Waals surface area contributed by atoms with Crippen LogP contribution in [0.25, 0.3) is 5.65 Å². The smallest absolute Gasteiger partial charge is 0.485 e. The lowest BCUT2D eigenvalue weighted by atomic mass is 10.1. The molecule has 0 spiro atoms. The number of alkyl carbamates (subject to hydrolysis) is 1. The van der Waals surface area contributed by atoms with Gasteiger partial charge in [-0.25, -0.2) is 33.1 Å². The van der Waals surface area contributed by atoms with Gasteiger partial charge in [-0.15, -0.1) is 0 Å². The van der Waals surface area contributed by atoms with E-state index in [2.05, 4.69) is 20.6 Å².